The Kier molecular flexibility index (Phi) is 3.83. The molecule has 1 amide bonds. The first kappa shape index (κ1) is 15.9. The SMILES string of the molecule is Cc1ccn2c3c(nc2c1)CCC(C(=O)Nc1ccc(C)c(C)c1)C3. The number of aryl methyl sites for hydroxylation is 4. The normalized spacial score (nSPS) is 16.7. The lowest BCUT2D eigenvalue weighted by Gasteiger charge is -2.21. The van der Waals surface area contributed by atoms with E-state index in [0.29, 0.717) is 0 Å². The zero-order valence-electron chi connectivity index (χ0n) is 15.0. The van der Waals surface area contributed by atoms with Crippen LogP contribution >= 0.6 is 0 Å². The number of nitrogens with zero attached hydrogens (tertiary/aromatic N) is 2. The fourth-order valence-electron chi connectivity index (χ4n) is 3.60. The molecular weight excluding hydrogens is 310 g/mol. The molecule has 25 heavy (non-hydrogen) atoms. The molecule has 0 bridgehead atoms. The quantitative estimate of drug-likeness (QED) is 0.770. The molecular formula is C21H23N3O. The van der Waals surface area contributed by atoms with Gasteiger partial charge >= 0.3 is 0 Å². The van der Waals surface area contributed by atoms with Gasteiger partial charge in [0.1, 0.15) is 5.65 Å². The Bertz CT molecular complexity index is 971. The van der Waals surface area contributed by atoms with Crippen molar-refractivity contribution >= 4 is 17.2 Å². The maximum atomic E-state index is 12.7. The lowest BCUT2D eigenvalue weighted by Crippen LogP contribution is -2.28. The first-order chi connectivity index (χ1) is 12.0. The van der Waals surface area contributed by atoms with Crippen molar-refractivity contribution in [3.8, 4) is 0 Å². The van der Waals surface area contributed by atoms with Crippen molar-refractivity contribution in [3.05, 3.63) is 64.6 Å². The highest BCUT2D eigenvalue weighted by molar-refractivity contribution is 5.93. The molecule has 1 aliphatic carbocycles. The Balaban J connectivity index is 1.56. The third-order valence-corrected chi connectivity index (χ3v) is 5.28. The van der Waals surface area contributed by atoms with E-state index in [-0.39, 0.29) is 11.8 Å². The van der Waals surface area contributed by atoms with E-state index in [0.717, 1.165) is 36.3 Å². The van der Waals surface area contributed by atoms with Crippen molar-refractivity contribution in [2.75, 3.05) is 5.32 Å². The summed E-state index contributed by atoms with van der Waals surface area (Å²) >= 11 is 0. The summed E-state index contributed by atoms with van der Waals surface area (Å²) in [5.41, 5.74) is 7.83. The van der Waals surface area contributed by atoms with Gasteiger partial charge in [0, 0.05) is 29.9 Å². The molecule has 2 heterocycles. The number of aromatic nitrogens is 2. The third kappa shape index (κ3) is 2.93. The lowest BCUT2D eigenvalue weighted by atomic mass is 9.89. The number of pyridine rings is 1. The van der Waals surface area contributed by atoms with Crippen molar-refractivity contribution in [2.45, 2.75) is 40.0 Å². The molecule has 4 nitrogen and oxygen atoms in total. The minimum atomic E-state index is -0.00434. The van der Waals surface area contributed by atoms with Crippen LogP contribution < -0.4 is 5.32 Å². The Morgan fingerprint density at radius 3 is 2.80 bits per heavy atom. The van der Waals surface area contributed by atoms with E-state index >= 15 is 0 Å². The molecule has 2 aromatic heterocycles. The van der Waals surface area contributed by atoms with Crippen LogP contribution in [0.5, 0.6) is 0 Å². The number of hydrogen-bond donors (Lipinski definition) is 1. The van der Waals surface area contributed by atoms with Gasteiger partial charge in [-0.1, -0.05) is 6.07 Å². The average molecular weight is 333 g/mol. The maximum absolute atomic E-state index is 12.7. The minimum Gasteiger partial charge on any atom is -0.326 e. The molecule has 0 saturated carbocycles. The van der Waals surface area contributed by atoms with E-state index in [2.05, 4.69) is 54.9 Å². The zero-order chi connectivity index (χ0) is 17.6. The van der Waals surface area contributed by atoms with Crippen molar-refractivity contribution in [3.63, 3.8) is 0 Å². The number of nitrogens with one attached hydrogen (secondary N) is 1. The van der Waals surface area contributed by atoms with Crippen LogP contribution in [-0.4, -0.2) is 15.3 Å². The molecule has 1 unspecified atom stereocenters. The number of benzene rings is 1. The van der Waals surface area contributed by atoms with Crippen LogP contribution in [0.4, 0.5) is 5.69 Å². The van der Waals surface area contributed by atoms with Gasteiger partial charge in [-0.05, 0) is 74.6 Å². The van der Waals surface area contributed by atoms with Crippen LogP contribution in [0.1, 0.15) is 34.5 Å². The summed E-state index contributed by atoms with van der Waals surface area (Å²) in [5, 5.41) is 3.09. The number of fused-ring (bicyclic) bond motifs is 3. The predicted molar refractivity (Wildman–Crippen MR) is 100.0 cm³/mol. The average Bonchev–Trinajstić information content (AvgIpc) is 2.94. The number of imidazole rings is 1. The summed E-state index contributed by atoms with van der Waals surface area (Å²) in [7, 11) is 0. The van der Waals surface area contributed by atoms with Gasteiger partial charge in [0.05, 0.1) is 5.69 Å². The molecule has 0 aliphatic heterocycles. The Hall–Kier alpha value is -2.62. The number of amides is 1. The van der Waals surface area contributed by atoms with Crippen molar-refractivity contribution in [2.24, 2.45) is 5.92 Å². The van der Waals surface area contributed by atoms with E-state index in [9.17, 15) is 4.79 Å². The van der Waals surface area contributed by atoms with Gasteiger partial charge in [0.2, 0.25) is 5.91 Å². The second-order valence-corrected chi connectivity index (χ2v) is 7.17. The van der Waals surface area contributed by atoms with E-state index in [1.165, 1.54) is 22.4 Å². The Labute approximate surface area is 147 Å². The van der Waals surface area contributed by atoms with Gasteiger partial charge in [-0.15, -0.1) is 0 Å². The van der Waals surface area contributed by atoms with Gasteiger partial charge in [-0.25, -0.2) is 4.98 Å². The van der Waals surface area contributed by atoms with Gasteiger partial charge in [-0.2, -0.15) is 0 Å². The number of carbonyl (C=O) groups excluding carboxylic acids is 1. The molecule has 0 spiro atoms. The Morgan fingerprint density at radius 2 is 2.00 bits per heavy atom. The summed E-state index contributed by atoms with van der Waals surface area (Å²) in [6.07, 6.45) is 4.53. The fourth-order valence-corrected chi connectivity index (χ4v) is 3.60. The highest BCUT2D eigenvalue weighted by Gasteiger charge is 2.28. The van der Waals surface area contributed by atoms with Crippen molar-refractivity contribution < 1.29 is 4.79 Å². The largest absolute Gasteiger partial charge is 0.326 e. The molecule has 4 heteroatoms. The zero-order valence-corrected chi connectivity index (χ0v) is 15.0. The smallest absolute Gasteiger partial charge is 0.227 e. The number of anilines is 1. The summed E-state index contributed by atoms with van der Waals surface area (Å²) in [4.78, 5) is 17.5. The van der Waals surface area contributed by atoms with Crippen LogP contribution in [0.3, 0.4) is 0 Å². The molecule has 0 saturated heterocycles. The molecule has 1 N–H and O–H groups in total. The topological polar surface area (TPSA) is 46.4 Å². The van der Waals surface area contributed by atoms with E-state index in [1.54, 1.807) is 0 Å². The molecule has 1 aliphatic rings. The number of carbonyl (C=O) groups is 1. The molecule has 128 valence electrons. The second-order valence-electron chi connectivity index (χ2n) is 7.17. The van der Waals surface area contributed by atoms with E-state index in [1.807, 2.05) is 12.1 Å². The van der Waals surface area contributed by atoms with E-state index < -0.39 is 0 Å². The maximum Gasteiger partial charge on any atom is 0.227 e. The van der Waals surface area contributed by atoms with Crippen molar-refractivity contribution in [1.82, 2.24) is 9.38 Å². The summed E-state index contributed by atoms with van der Waals surface area (Å²) in [6, 6.07) is 10.3. The van der Waals surface area contributed by atoms with Crippen molar-refractivity contribution in [1.29, 1.82) is 0 Å². The minimum absolute atomic E-state index is 0.00434. The first-order valence-corrected chi connectivity index (χ1v) is 8.86. The molecule has 0 radical (unpaired) electrons. The predicted octanol–water partition coefficient (Wildman–Crippen LogP) is 4.00. The van der Waals surface area contributed by atoms with Crippen LogP contribution in [0.25, 0.3) is 5.65 Å². The number of rotatable bonds is 2. The second kappa shape index (κ2) is 6.03. The van der Waals surface area contributed by atoms with Crippen LogP contribution in [0, 0.1) is 26.7 Å². The third-order valence-electron chi connectivity index (χ3n) is 5.28. The van der Waals surface area contributed by atoms with Crippen LogP contribution in [0.15, 0.2) is 36.5 Å². The first-order valence-electron chi connectivity index (χ1n) is 8.86. The summed E-state index contributed by atoms with van der Waals surface area (Å²) in [6.45, 7) is 6.22. The van der Waals surface area contributed by atoms with Gasteiger partial charge in [0.15, 0.2) is 0 Å². The van der Waals surface area contributed by atoms with E-state index in [4.69, 9.17) is 4.98 Å². The fraction of sp³-hybridized carbons (Fsp3) is 0.333. The molecule has 3 aromatic rings. The summed E-state index contributed by atoms with van der Waals surface area (Å²) < 4.78 is 2.14. The number of hydrogen-bond acceptors (Lipinski definition) is 2. The lowest BCUT2D eigenvalue weighted by molar-refractivity contribution is -0.120. The molecule has 0 fully saturated rings. The standard InChI is InChI=1S/C21H23N3O/c1-13-8-9-24-19-12-16(5-7-18(19)23-20(24)10-13)21(25)22-17-6-4-14(2)15(3)11-17/h4,6,8-11,16H,5,7,12H2,1-3H3,(H,22,25). The molecule has 1 aromatic carbocycles. The monoisotopic (exact) mass is 333 g/mol. The molecule has 4 rings (SSSR count). The molecule has 1 atom stereocenters. The summed E-state index contributed by atoms with van der Waals surface area (Å²) in [5.74, 6) is 0.103. The Morgan fingerprint density at radius 1 is 1.16 bits per heavy atom. The highest BCUT2D eigenvalue weighted by atomic mass is 16.1. The van der Waals surface area contributed by atoms with Crippen LogP contribution in [0.2, 0.25) is 0 Å². The van der Waals surface area contributed by atoms with Gasteiger partial charge < -0.3 is 9.72 Å². The van der Waals surface area contributed by atoms with Gasteiger partial charge in [0.25, 0.3) is 0 Å². The highest BCUT2D eigenvalue weighted by Crippen LogP contribution is 2.28. The van der Waals surface area contributed by atoms with Crippen LogP contribution in [-0.2, 0) is 17.6 Å². The van der Waals surface area contributed by atoms with Gasteiger partial charge in [-0.3, -0.25) is 4.79 Å².